The van der Waals surface area contributed by atoms with E-state index in [0.717, 1.165) is 58.2 Å². The van der Waals surface area contributed by atoms with Crippen molar-refractivity contribution < 1.29 is 9.53 Å². The van der Waals surface area contributed by atoms with Crippen LogP contribution in [-0.2, 0) is 4.74 Å². The van der Waals surface area contributed by atoms with Gasteiger partial charge in [-0.1, -0.05) is 13.8 Å². The molecule has 0 aliphatic carbocycles. The summed E-state index contributed by atoms with van der Waals surface area (Å²) in [6, 6.07) is 0.470. The average Bonchev–Trinajstić information content (AvgIpc) is 2.66. The lowest BCUT2D eigenvalue weighted by molar-refractivity contribution is 0.0486. The monoisotopic (exact) mass is 440 g/mol. The van der Waals surface area contributed by atoms with Gasteiger partial charge in [0.05, 0.1) is 6.54 Å². The van der Waals surface area contributed by atoms with Gasteiger partial charge in [-0.25, -0.2) is 4.79 Å². The Morgan fingerprint density at radius 2 is 1.77 bits per heavy atom. The number of amides is 1. The van der Waals surface area contributed by atoms with Gasteiger partial charge in [0.1, 0.15) is 5.60 Å². The van der Waals surface area contributed by atoms with Crippen molar-refractivity contribution in [1.29, 1.82) is 0 Å². The number of guanidine groups is 1. The Morgan fingerprint density at radius 1 is 1.16 bits per heavy atom. The number of likely N-dealkylation sites (N-methyl/N-ethyl adjacent to an activating group) is 1. The largest absolute Gasteiger partial charge is 0.444 e. The van der Waals surface area contributed by atoms with Crippen LogP contribution in [0.2, 0.25) is 0 Å². The normalized spacial score (nSPS) is 18.6. The summed E-state index contributed by atoms with van der Waals surface area (Å²) in [5.41, 5.74) is -0.492. The molecule has 0 aromatic carbocycles. The molecule has 8 nitrogen and oxygen atoms in total. The zero-order valence-electron chi connectivity index (χ0n) is 21.5. The molecule has 1 heterocycles. The number of nitrogens with one attached hydrogen (secondary N) is 2. The first-order valence-electron chi connectivity index (χ1n) is 11.8. The molecule has 182 valence electrons. The Bertz CT molecular complexity index is 553. The minimum atomic E-state index is -0.492. The highest BCUT2D eigenvalue weighted by molar-refractivity contribution is 5.79. The van der Waals surface area contributed by atoms with Gasteiger partial charge < -0.3 is 25.2 Å². The Balaban J connectivity index is 2.62. The standard InChI is InChI=1S/C23H48N6O2/c1-10-24-21(25-17-19(4)29-15-13-27(8)14-16-29)28(9)12-11-20(18(2)3)26-22(30)31-23(5,6)7/h18-20H,10-17H2,1-9H3,(H,24,25)(H,26,30). The van der Waals surface area contributed by atoms with E-state index in [9.17, 15) is 4.79 Å². The highest BCUT2D eigenvalue weighted by Crippen LogP contribution is 2.11. The molecule has 2 atom stereocenters. The van der Waals surface area contributed by atoms with Crippen LogP contribution in [0.1, 0.15) is 54.9 Å². The second-order valence-electron chi connectivity index (χ2n) is 10.1. The topological polar surface area (TPSA) is 72.4 Å². The number of nitrogens with zero attached hydrogens (tertiary/aromatic N) is 4. The first-order chi connectivity index (χ1) is 14.4. The van der Waals surface area contributed by atoms with Crippen LogP contribution in [0.5, 0.6) is 0 Å². The molecule has 0 aromatic heterocycles. The van der Waals surface area contributed by atoms with E-state index in [0.29, 0.717) is 12.0 Å². The first kappa shape index (κ1) is 27.5. The molecule has 0 saturated carbocycles. The van der Waals surface area contributed by atoms with Crippen molar-refractivity contribution >= 4 is 12.1 Å². The van der Waals surface area contributed by atoms with Crippen LogP contribution in [0.25, 0.3) is 0 Å². The number of carbonyl (C=O) groups excluding carboxylic acids is 1. The summed E-state index contributed by atoms with van der Waals surface area (Å²) in [6.07, 6.45) is 0.474. The zero-order valence-corrected chi connectivity index (χ0v) is 21.5. The van der Waals surface area contributed by atoms with Gasteiger partial charge >= 0.3 is 6.09 Å². The summed E-state index contributed by atoms with van der Waals surface area (Å²) >= 11 is 0. The molecular weight excluding hydrogens is 392 g/mol. The van der Waals surface area contributed by atoms with Crippen molar-refractivity contribution in [2.45, 2.75) is 72.6 Å². The number of hydrogen-bond donors (Lipinski definition) is 2. The lowest BCUT2D eigenvalue weighted by atomic mass is 10.0. The third kappa shape index (κ3) is 11.1. The predicted octanol–water partition coefficient (Wildman–Crippen LogP) is 2.46. The van der Waals surface area contributed by atoms with Gasteiger partial charge in [-0.05, 0) is 54.0 Å². The third-order valence-corrected chi connectivity index (χ3v) is 5.65. The van der Waals surface area contributed by atoms with Gasteiger partial charge in [-0.3, -0.25) is 9.89 Å². The average molecular weight is 441 g/mol. The molecule has 2 N–H and O–H groups in total. The maximum Gasteiger partial charge on any atom is 0.407 e. The maximum absolute atomic E-state index is 12.2. The Morgan fingerprint density at radius 3 is 2.29 bits per heavy atom. The lowest BCUT2D eigenvalue weighted by Crippen LogP contribution is -2.49. The fraction of sp³-hybridized carbons (Fsp3) is 0.913. The minimum Gasteiger partial charge on any atom is -0.444 e. The van der Waals surface area contributed by atoms with Gasteiger partial charge in [0, 0.05) is 58.4 Å². The van der Waals surface area contributed by atoms with E-state index in [-0.39, 0.29) is 12.1 Å². The molecule has 0 spiro atoms. The van der Waals surface area contributed by atoms with E-state index >= 15 is 0 Å². The molecule has 1 rings (SSSR count). The van der Waals surface area contributed by atoms with E-state index in [1.54, 1.807) is 0 Å². The number of piperazine rings is 1. The number of carbonyl (C=O) groups is 1. The van der Waals surface area contributed by atoms with Gasteiger partial charge in [0.25, 0.3) is 0 Å². The Hall–Kier alpha value is -1.54. The molecular formula is C23H48N6O2. The predicted molar refractivity (Wildman–Crippen MR) is 130 cm³/mol. The quantitative estimate of drug-likeness (QED) is 0.424. The van der Waals surface area contributed by atoms with Crippen molar-refractivity contribution in [2.24, 2.45) is 10.9 Å². The molecule has 1 aliphatic heterocycles. The van der Waals surface area contributed by atoms with Gasteiger partial charge in [-0.15, -0.1) is 0 Å². The van der Waals surface area contributed by atoms with E-state index < -0.39 is 5.60 Å². The summed E-state index contributed by atoms with van der Waals surface area (Å²) in [5.74, 6) is 1.24. The van der Waals surface area contributed by atoms with Crippen LogP contribution >= 0.6 is 0 Å². The molecule has 0 aromatic rings. The molecule has 2 unspecified atom stereocenters. The van der Waals surface area contributed by atoms with E-state index in [4.69, 9.17) is 9.73 Å². The molecule has 0 bridgehead atoms. The Kier molecular flexibility index (Phi) is 11.6. The molecule has 0 radical (unpaired) electrons. The zero-order chi connectivity index (χ0) is 23.6. The van der Waals surface area contributed by atoms with Crippen molar-refractivity contribution in [2.75, 3.05) is 59.9 Å². The SMILES string of the molecule is CCNC(=NCC(C)N1CCN(C)CC1)N(C)CCC(NC(=O)OC(C)(C)C)C(C)C. The summed E-state index contributed by atoms with van der Waals surface area (Å²) < 4.78 is 5.43. The molecule has 1 amide bonds. The van der Waals surface area contributed by atoms with Gasteiger partial charge in [-0.2, -0.15) is 0 Å². The lowest BCUT2D eigenvalue weighted by Gasteiger charge is -2.36. The van der Waals surface area contributed by atoms with Crippen LogP contribution in [0.15, 0.2) is 4.99 Å². The van der Waals surface area contributed by atoms with Crippen molar-refractivity contribution in [3.05, 3.63) is 0 Å². The van der Waals surface area contributed by atoms with Crippen LogP contribution in [0.3, 0.4) is 0 Å². The van der Waals surface area contributed by atoms with E-state index in [2.05, 4.69) is 67.1 Å². The molecule has 8 heteroatoms. The summed E-state index contributed by atoms with van der Waals surface area (Å²) in [6.45, 7) is 21.1. The highest BCUT2D eigenvalue weighted by Gasteiger charge is 2.23. The third-order valence-electron chi connectivity index (χ3n) is 5.65. The van der Waals surface area contributed by atoms with Crippen molar-refractivity contribution in [1.82, 2.24) is 25.3 Å². The summed E-state index contributed by atoms with van der Waals surface area (Å²) in [4.78, 5) is 24.2. The number of ether oxygens (including phenoxy) is 1. The maximum atomic E-state index is 12.2. The second kappa shape index (κ2) is 13.1. The van der Waals surface area contributed by atoms with Gasteiger partial charge in [0.2, 0.25) is 0 Å². The molecule has 1 fully saturated rings. The molecule has 1 aliphatic rings. The fourth-order valence-corrected chi connectivity index (χ4v) is 3.54. The van der Waals surface area contributed by atoms with E-state index in [1.165, 1.54) is 0 Å². The van der Waals surface area contributed by atoms with Crippen LogP contribution < -0.4 is 10.6 Å². The smallest absolute Gasteiger partial charge is 0.407 e. The van der Waals surface area contributed by atoms with Crippen molar-refractivity contribution in [3.8, 4) is 0 Å². The van der Waals surface area contributed by atoms with Gasteiger partial charge in [0.15, 0.2) is 5.96 Å². The summed E-state index contributed by atoms with van der Waals surface area (Å²) in [7, 11) is 4.24. The van der Waals surface area contributed by atoms with E-state index in [1.807, 2.05) is 20.8 Å². The molecule has 1 saturated heterocycles. The molecule has 31 heavy (non-hydrogen) atoms. The number of aliphatic imine (C=N–C) groups is 1. The highest BCUT2D eigenvalue weighted by atomic mass is 16.6. The Labute approximate surface area is 190 Å². The van der Waals surface area contributed by atoms with Crippen LogP contribution in [0.4, 0.5) is 4.79 Å². The number of alkyl carbamates (subject to hydrolysis) is 1. The number of rotatable bonds is 9. The first-order valence-corrected chi connectivity index (χ1v) is 11.8. The van der Waals surface area contributed by atoms with Crippen molar-refractivity contribution in [3.63, 3.8) is 0 Å². The minimum absolute atomic E-state index is 0.0458. The summed E-state index contributed by atoms with van der Waals surface area (Å²) in [5, 5.41) is 6.45. The van der Waals surface area contributed by atoms with Crippen LogP contribution in [-0.4, -0.2) is 104 Å². The van der Waals surface area contributed by atoms with Crippen LogP contribution in [0, 0.1) is 5.92 Å². The second-order valence-corrected chi connectivity index (χ2v) is 10.1. The number of hydrogen-bond acceptors (Lipinski definition) is 5. The fourth-order valence-electron chi connectivity index (χ4n) is 3.54.